The SMILES string of the molecule is CNc1cc(C)nc([C@@]2(C)CCCN2C(=O)c2cccc(F)c2)n1. The topological polar surface area (TPSA) is 58.1 Å². The lowest BCUT2D eigenvalue weighted by Crippen LogP contribution is -2.44. The normalized spacial score (nSPS) is 20.2. The number of carbonyl (C=O) groups is 1. The predicted molar refractivity (Wildman–Crippen MR) is 90.3 cm³/mol. The third kappa shape index (κ3) is 2.84. The van der Waals surface area contributed by atoms with Gasteiger partial charge in [0, 0.05) is 30.9 Å². The van der Waals surface area contributed by atoms with E-state index < -0.39 is 11.4 Å². The highest BCUT2D eigenvalue weighted by atomic mass is 19.1. The summed E-state index contributed by atoms with van der Waals surface area (Å²) in [6.45, 7) is 4.49. The number of rotatable bonds is 3. The second kappa shape index (κ2) is 6.19. The number of nitrogens with one attached hydrogen (secondary N) is 1. The molecule has 1 amide bonds. The van der Waals surface area contributed by atoms with E-state index in [1.807, 2.05) is 19.9 Å². The molecule has 0 aliphatic carbocycles. The average molecular weight is 328 g/mol. The van der Waals surface area contributed by atoms with E-state index >= 15 is 0 Å². The highest BCUT2D eigenvalue weighted by molar-refractivity contribution is 5.95. The summed E-state index contributed by atoms with van der Waals surface area (Å²) < 4.78 is 13.5. The van der Waals surface area contributed by atoms with Crippen LogP contribution < -0.4 is 5.32 Å². The zero-order valence-corrected chi connectivity index (χ0v) is 14.1. The first-order valence-electron chi connectivity index (χ1n) is 8.05. The number of carbonyl (C=O) groups excluding carboxylic acids is 1. The molecule has 0 radical (unpaired) electrons. The molecular formula is C18H21FN4O. The number of likely N-dealkylation sites (tertiary alicyclic amines) is 1. The first-order valence-corrected chi connectivity index (χ1v) is 8.05. The first-order chi connectivity index (χ1) is 11.4. The van der Waals surface area contributed by atoms with Gasteiger partial charge in [0.25, 0.3) is 5.91 Å². The summed E-state index contributed by atoms with van der Waals surface area (Å²) in [6, 6.07) is 7.67. The third-order valence-electron chi connectivity index (χ3n) is 4.55. The average Bonchev–Trinajstić information content (AvgIpc) is 2.96. The van der Waals surface area contributed by atoms with Crippen LogP contribution in [0.2, 0.25) is 0 Å². The van der Waals surface area contributed by atoms with Crippen molar-refractivity contribution in [3.05, 3.63) is 53.2 Å². The molecule has 1 aliphatic rings. The molecule has 0 spiro atoms. The molecular weight excluding hydrogens is 307 g/mol. The van der Waals surface area contributed by atoms with E-state index in [9.17, 15) is 9.18 Å². The number of halogens is 1. The van der Waals surface area contributed by atoms with E-state index in [4.69, 9.17) is 0 Å². The molecule has 1 atom stereocenters. The summed E-state index contributed by atoms with van der Waals surface area (Å²) in [5.41, 5.74) is 0.598. The van der Waals surface area contributed by atoms with E-state index in [0.29, 0.717) is 17.9 Å². The molecule has 126 valence electrons. The van der Waals surface area contributed by atoms with Gasteiger partial charge in [0.05, 0.1) is 0 Å². The van der Waals surface area contributed by atoms with Crippen molar-refractivity contribution in [1.29, 1.82) is 0 Å². The lowest BCUT2D eigenvalue weighted by Gasteiger charge is -2.34. The smallest absolute Gasteiger partial charge is 0.254 e. The monoisotopic (exact) mass is 328 g/mol. The van der Waals surface area contributed by atoms with Gasteiger partial charge in [-0.3, -0.25) is 4.79 Å². The van der Waals surface area contributed by atoms with E-state index in [1.54, 1.807) is 24.1 Å². The summed E-state index contributed by atoms with van der Waals surface area (Å²) in [6.07, 6.45) is 1.64. The number of anilines is 1. The van der Waals surface area contributed by atoms with Crippen LogP contribution in [-0.2, 0) is 5.54 Å². The predicted octanol–water partition coefficient (Wildman–Crippen LogP) is 3.12. The lowest BCUT2D eigenvalue weighted by molar-refractivity contribution is 0.0603. The van der Waals surface area contributed by atoms with Crippen molar-refractivity contribution < 1.29 is 9.18 Å². The molecule has 1 aliphatic heterocycles. The third-order valence-corrected chi connectivity index (χ3v) is 4.55. The molecule has 3 rings (SSSR count). The van der Waals surface area contributed by atoms with Crippen LogP contribution in [0, 0.1) is 12.7 Å². The summed E-state index contributed by atoms with van der Waals surface area (Å²) in [4.78, 5) is 23.8. The zero-order valence-electron chi connectivity index (χ0n) is 14.1. The quantitative estimate of drug-likeness (QED) is 0.940. The van der Waals surface area contributed by atoms with Crippen LogP contribution in [-0.4, -0.2) is 34.4 Å². The Morgan fingerprint density at radius 3 is 2.83 bits per heavy atom. The van der Waals surface area contributed by atoms with E-state index in [2.05, 4.69) is 15.3 Å². The number of hydrogen-bond donors (Lipinski definition) is 1. The van der Waals surface area contributed by atoms with Crippen LogP contribution in [0.4, 0.5) is 10.2 Å². The molecule has 1 N–H and O–H groups in total. The molecule has 1 fully saturated rings. The zero-order chi connectivity index (χ0) is 17.3. The molecule has 0 saturated carbocycles. The molecule has 2 aromatic rings. The maximum Gasteiger partial charge on any atom is 0.254 e. The number of amides is 1. The van der Waals surface area contributed by atoms with E-state index in [-0.39, 0.29) is 5.91 Å². The van der Waals surface area contributed by atoms with Crippen LogP contribution in [0.5, 0.6) is 0 Å². The minimum absolute atomic E-state index is 0.189. The number of benzene rings is 1. The fraction of sp³-hybridized carbons (Fsp3) is 0.389. The Labute approximate surface area is 140 Å². The number of aryl methyl sites for hydroxylation is 1. The molecule has 5 nitrogen and oxygen atoms in total. The Hall–Kier alpha value is -2.50. The second-order valence-corrected chi connectivity index (χ2v) is 6.31. The van der Waals surface area contributed by atoms with Gasteiger partial charge in [-0.05, 0) is 44.9 Å². The Morgan fingerprint density at radius 1 is 1.33 bits per heavy atom. The standard InChI is InChI=1S/C18H21FN4O/c1-12-10-15(20-3)22-17(21-12)18(2)8-5-9-23(18)16(24)13-6-4-7-14(19)11-13/h4,6-7,10-11H,5,8-9H2,1-3H3,(H,20,21,22)/t18-/m1/s1. The van der Waals surface area contributed by atoms with Gasteiger partial charge in [0.15, 0.2) is 5.82 Å². The molecule has 1 aromatic carbocycles. The van der Waals surface area contributed by atoms with Crippen LogP contribution in [0.3, 0.4) is 0 Å². The van der Waals surface area contributed by atoms with Crippen LogP contribution in [0.25, 0.3) is 0 Å². The number of nitrogens with zero attached hydrogens (tertiary/aromatic N) is 3. The Bertz CT molecular complexity index is 779. The fourth-order valence-corrected chi connectivity index (χ4v) is 3.24. The first kappa shape index (κ1) is 16.4. The van der Waals surface area contributed by atoms with Gasteiger partial charge in [0.2, 0.25) is 0 Å². The van der Waals surface area contributed by atoms with Gasteiger partial charge in [-0.25, -0.2) is 14.4 Å². The number of hydrogen-bond acceptors (Lipinski definition) is 4. The van der Waals surface area contributed by atoms with E-state index in [1.165, 1.54) is 12.1 Å². The maximum absolute atomic E-state index is 13.5. The van der Waals surface area contributed by atoms with Gasteiger partial charge in [-0.2, -0.15) is 0 Å². The molecule has 0 unspecified atom stereocenters. The molecule has 1 aromatic heterocycles. The van der Waals surface area contributed by atoms with Crippen LogP contribution >= 0.6 is 0 Å². The lowest BCUT2D eigenvalue weighted by atomic mass is 9.96. The molecule has 24 heavy (non-hydrogen) atoms. The second-order valence-electron chi connectivity index (χ2n) is 6.31. The van der Waals surface area contributed by atoms with Crippen molar-refractivity contribution in [2.24, 2.45) is 0 Å². The Balaban J connectivity index is 2.00. The fourth-order valence-electron chi connectivity index (χ4n) is 3.24. The Morgan fingerprint density at radius 2 is 2.12 bits per heavy atom. The number of aromatic nitrogens is 2. The molecule has 2 heterocycles. The van der Waals surface area contributed by atoms with Crippen LogP contribution in [0.15, 0.2) is 30.3 Å². The maximum atomic E-state index is 13.5. The summed E-state index contributed by atoms with van der Waals surface area (Å²) in [5, 5.41) is 3.03. The highest BCUT2D eigenvalue weighted by Gasteiger charge is 2.43. The summed E-state index contributed by atoms with van der Waals surface area (Å²) in [7, 11) is 1.80. The van der Waals surface area contributed by atoms with E-state index in [0.717, 1.165) is 24.4 Å². The van der Waals surface area contributed by atoms with Gasteiger partial charge < -0.3 is 10.2 Å². The van der Waals surface area contributed by atoms with Crippen LogP contribution in [0.1, 0.15) is 41.6 Å². The summed E-state index contributed by atoms with van der Waals surface area (Å²) >= 11 is 0. The van der Waals surface area contributed by atoms with Gasteiger partial charge in [0.1, 0.15) is 17.2 Å². The minimum atomic E-state index is -0.596. The molecule has 1 saturated heterocycles. The molecule has 0 bridgehead atoms. The van der Waals surface area contributed by atoms with Gasteiger partial charge >= 0.3 is 0 Å². The Kier molecular flexibility index (Phi) is 4.22. The summed E-state index contributed by atoms with van der Waals surface area (Å²) in [5.74, 6) is 0.745. The van der Waals surface area contributed by atoms with Crippen molar-refractivity contribution in [3.8, 4) is 0 Å². The minimum Gasteiger partial charge on any atom is -0.373 e. The van der Waals surface area contributed by atoms with Gasteiger partial charge in [-0.15, -0.1) is 0 Å². The van der Waals surface area contributed by atoms with Crippen molar-refractivity contribution in [1.82, 2.24) is 14.9 Å². The van der Waals surface area contributed by atoms with Gasteiger partial charge in [-0.1, -0.05) is 6.07 Å². The largest absolute Gasteiger partial charge is 0.373 e. The molecule has 6 heteroatoms. The van der Waals surface area contributed by atoms with Crippen molar-refractivity contribution in [2.75, 3.05) is 18.9 Å². The van der Waals surface area contributed by atoms with Crippen molar-refractivity contribution in [3.63, 3.8) is 0 Å². The highest BCUT2D eigenvalue weighted by Crippen LogP contribution is 2.38. The van der Waals surface area contributed by atoms with Crippen molar-refractivity contribution in [2.45, 2.75) is 32.2 Å². The van der Waals surface area contributed by atoms with Crippen molar-refractivity contribution >= 4 is 11.7 Å².